The lowest BCUT2D eigenvalue weighted by molar-refractivity contribution is 0.315. The molecule has 1 fully saturated rings. The van der Waals surface area contributed by atoms with E-state index in [1.807, 2.05) is 32.3 Å². The van der Waals surface area contributed by atoms with Crippen LogP contribution in [-0.4, -0.2) is 67.8 Å². The zero-order valence-corrected chi connectivity index (χ0v) is 20.3. The molecule has 1 aliphatic heterocycles. The van der Waals surface area contributed by atoms with E-state index in [0.29, 0.717) is 40.4 Å². The molecule has 0 bridgehead atoms. The number of ether oxygens (including phenoxy) is 1. The van der Waals surface area contributed by atoms with Crippen LogP contribution in [0.1, 0.15) is 12.1 Å². The summed E-state index contributed by atoms with van der Waals surface area (Å²) in [5, 5.41) is 4.19. The lowest BCUT2D eigenvalue weighted by Gasteiger charge is -2.20. The number of anilines is 1. The fourth-order valence-corrected chi connectivity index (χ4v) is 4.20. The number of hydrogen-bond acceptors (Lipinski definition) is 8. The van der Waals surface area contributed by atoms with Crippen molar-refractivity contribution in [1.82, 2.24) is 34.6 Å². The molecular weight excluding hydrogens is 444 g/mol. The van der Waals surface area contributed by atoms with E-state index in [1.54, 1.807) is 35.4 Å². The number of nitrogens with one attached hydrogen (secondary N) is 1. The number of rotatable bonds is 6. The number of aromatic amines is 1. The molecule has 0 spiro atoms. The largest absolute Gasteiger partial charge is 0.455 e. The van der Waals surface area contributed by atoms with Crippen LogP contribution in [0.5, 0.6) is 11.5 Å². The van der Waals surface area contributed by atoms with Crippen molar-refractivity contribution in [2.24, 2.45) is 7.05 Å². The Labute approximate surface area is 203 Å². The molecule has 35 heavy (non-hydrogen) atoms. The number of pyridine rings is 2. The normalized spacial score (nSPS) is 15.7. The smallest absolute Gasteiger partial charge is 0.261 e. The molecule has 0 amide bonds. The van der Waals surface area contributed by atoms with Crippen LogP contribution in [0.2, 0.25) is 0 Å². The number of likely N-dealkylation sites (N-methyl/N-ethyl adjacent to an activating group) is 1. The van der Waals surface area contributed by atoms with Gasteiger partial charge in [0, 0.05) is 56.4 Å². The quantitative estimate of drug-likeness (QED) is 0.457. The summed E-state index contributed by atoms with van der Waals surface area (Å²) in [5.41, 5.74) is 3.11. The third-order valence-electron chi connectivity index (χ3n) is 6.25. The van der Waals surface area contributed by atoms with Crippen LogP contribution in [0.15, 0.2) is 53.8 Å². The third kappa shape index (κ3) is 4.78. The Balaban J connectivity index is 1.34. The number of nitrogens with zero attached hydrogens (tertiary/aromatic N) is 7. The predicted molar refractivity (Wildman–Crippen MR) is 134 cm³/mol. The Morgan fingerprint density at radius 1 is 1.14 bits per heavy atom. The molecule has 0 aliphatic carbocycles. The number of hydrogen-bond donors (Lipinski definition) is 1. The maximum atomic E-state index is 12.9. The predicted octanol–water partition coefficient (Wildman–Crippen LogP) is 2.87. The highest BCUT2D eigenvalue weighted by molar-refractivity contribution is 5.60. The summed E-state index contributed by atoms with van der Waals surface area (Å²) in [6, 6.07) is 7.70. The van der Waals surface area contributed by atoms with E-state index in [9.17, 15) is 4.79 Å². The van der Waals surface area contributed by atoms with Crippen molar-refractivity contribution in [2.75, 3.05) is 32.1 Å². The van der Waals surface area contributed by atoms with Crippen molar-refractivity contribution in [3.63, 3.8) is 0 Å². The number of aryl methyl sites for hydroxylation is 2. The van der Waals surface area contributed by atoms with Gasteiger partial charge in [-0.1, -0.05) is 0 Å². The molecule has 0 saturated carbocycles. The molecule has 0 aromatic carbocycles. The second kappa shape index (κ2) is 9.30. The van der Waals surface area contributed by atoms with Crippen LogP contribution < -0.4 is 15.2 Å². The fraction of sp³-hybridized carbons (Fsp3) is 0.320. The SMILES string of the molecule is Cc1nc(-c2cnc(N3CCC(N(C)C)C3)[nH]c2=O)ccc1Oc1ccnc(-c2cnn(C)c2)c1. The molecule has 10 heteroatoms. The van der Waals surface area contributed by atoms with E-state index in [4.69, 9.17) is 4.74 Å². The molecule has 1 saturated heterocycles. The van der Waals surface area contributed by atoms with Crippen LogP contribution in [0.3, 0.4) is 0 Å². The molecule has 1 atom stereocenters. The zero-order valence-electron chi connectivity index (χ0n) is 20.3. The monoisotopic (exact) mass is 472 g/mol. The molecule has 0 radical (unpaired) electrons. The Bertz CT molecular complexity index is 1410. The molecule has 5 rings (SSSR count). The van der Waals surface area contributed by atoms with Gasteiger partial charge in [0.2, 0.25) is 5.95 Å². The minimum atomic E-state index is -0.209. The number of aromatic nitrogens is 6. The Morgan fingerprint density at radius 2 is 2.00 bits per heavy atom. The van der Waals surface area contributed by atoms with E-state index >= 15 is 0 Å². The van der Waals surface area contributed by atoms with Crippen LogP contribution in [0.4, 0.5) is 5.95 Å². The maximum absolute atomic E-state index is 12.9. The summed E-state index contributed by atoms with van der Waals surface area (Å²) in [5.74, 6) is 1.84. The van der Waals surface area contributed by atoms with Gasteiger partial charge in [0.25, 0.3) is 5.56 Å². The second-order valence-electron chi connectivity index (χ2n) is 8.96. The standard InChI is InChI=1S/C25H28N8O2/c1-16-23(35-19-7-9-26-22(11-19)17-12-28-32(4)14-17)6-5-21(29-16)20-13-27-25(30-24(20)34)33-10-8-18(15-33)31(2)3/h5-7,9,11-14,18H,8,10,15H2,1-4H3,(H,27,30,34). The Hall–Kier alpha value is -4.05. The summed E-state index contributed by atoms with van der Waals surface area (Å²) in [6.45, 7) is 3.56. The number of H-pyrrole nitrogens is 1. The first-order valence-corrected chi connectivity index (χ1v) is 11.5. The summed E-state index contributed by atoms with van der Waals surface area (Å²) in [4.78, 5) is 33.6. The van der Waals surface area contributed by atoms with Gasteiger partial charge < -0.3 is 14.5 Å². The zero-order chi connectivity index (χ0) is 24.5. The molecule has 180 valence electrons. The van der Waals surface area contributed by atoms with Gasteiger partial charge >= 0.3 is 0 Å². The minimum Gasteiger partial charge on any atom is -0.455 e. The van der Waals surface area contributed by atoms with Crippen LogP contribution >= 0.6 is 0 Å². The van der Waals surface area contributed by atoms with Gasteiger partial charge in [-0.3, -0.25) is 19.4 Å². The lowest BCUT2D eigenvalue weighted by Crippen LogP contribution is -2.32. The Morgan fingerprint density at radius 3 is 2.69 bits per heavy atom. The molecule has 5 heterocycles. The first-order valence-electron chi connectivity index (χ1n) is 11.5. The molecular formula is C25H28N8O2. The topological polar surface area (TPSA) is 105 Å². The minimum absolute atomic E-state index is 0.209. The van der Waals surface area contributed by atoms with E-state index in [-0.39, 0.29) is 5.56 Å². The van der Waals surface area contributed by atoms with Gasteiger partial charge in [-0.05, 0) is 45.6 Å². The Kier molecular flexibility index (Phi) is 6.04. The highest BCUT2D eigenvalue weighted by atomic mass is 16.5. The summed E-state index contributed by atoms with van der Waals surface area (Å²) >= 11 is 0. The van der Waals surface area contributed by atoms with Gasteiger partial charge in [-0.25, -0.2) is 9.97 Å². The highest BCUT2D eigenvalue weighted by Gasteiger charge is 2.25. The van der Waals surface area contributed by atoms with Gasteiger partial charge in [-0.15, -0.1) is 0 Å². The van der Waals surface area contributed by atoms with E-state index < -0.39 is 0 Å². The maximum Gasteiger partial charge on any atom is 0.261 e. The van der Waals surface area contributed by atoms with Crippen molar-refractivity contribution in [1.29, 1.82) is 0 Å². The van der Waals surface area contributed by atoms with E-state index in [1.165, 1.54) is 0 Å². The average molecular weight is 473 g/mol. The van der Waals surface area contributed by atoms with Crippen molar-refractivity contribution >= 4 is 5.95 Å². The molecule has 1 N–H and O–H groups in total. The van der Waals surface area contributed by atoms with Crippen LogP contribution in [0.25, 0.3) is 22.5 Å². The lowest BCUT2D eigenvalue weighted by atomic mass is 10.2. The first kappa shape index (κ1) is 22.7. The van der Waals surface area contributed by atoms with Gasteiger partial charge in [-0.2, -0.15) is 5.10 Å². The first-order chi connectivity index (χ1) is 16.9. The molecule has 4 aromatic rings. The summed E-state index contributed by atoms with van der Waals surface area (Å²) in [7, 11) is 6.01. The van der Waals surface area contributed by atoms with Crippen molar-refractivity contribution in [2.45, 2.75) is 19.4 Å². The second-order valence-corrected chi connectivity index (χ2v) is 8.96. The van der Waals surface area contributed by atoms with Gasteiger partial charge in [0.1, 0.15) is 11.5 Å². The summed E-state index contributed by atoms with van der Waals surface area (Å²) in [6.07, 6.45) is 8.00. The third-order valence-corrected chi connectivity index (χ3v) is 6.25. The molecule has 10 nitrogen and oxygen atoms in total. The van der Waals surface area contributed by atoms with Crippen molar-refractivity contribution in [3.8, 4) is 34.0 Å². The van der Waals surface area contributed by atoms with Crippen LogP contribution in [0, 0.1) is 6.92 Å². The van der Waals surface area contributed by atoms with Gasteiger partial charge in [0.15, 0.2) is 0 Å². The van der Waals surface area contributed by atoms with Crippen LogP contribution in [-0.2, 0) is 7.05 Å². The highest BCUT2D eigenvalue weighted by Crippen LogP contribution is 2.28. The van der Waals surface area contributed by atoms with Crippen molar-refractivity contribution < 1.29 is 4.74 Å². The molecule has 1 aliphatic rings. The van der Waals surface area contributed by atoms with Gasteiger partial charge in [0.05, 0.1) is 28.8 Å². The molecule has 1 unspecified atom stereocenters. The summed E-state index contributed by atoms with van der Waals surface area (Å²) < 4.78 is 7.80. The van der Waals surface area contributed by atoms with E-state index in [2.05, 4.69) is 48.9 Å². The molecule has 4 aromatic heterocycles. The van der Waals surface area contributed by atoms with E-state index in [0.717, 1.165) is 30.8 Å². The van der Waals surface area contributed by atoms with Crippen molar-refractivity contribution in [3.05, 3.63) is 65.1 Å². The fourth-order valence-electron chi connectivity index (χ4n) is 4.20. The average Bonchev–Trinajstić information content (AvgIpc) is 3.50.